The molecular weight excluding hydrogens is 332 g/mol. The number of carbonyl (C=O) groups excluding carboxylic acids is 2. The third-order valence-electron chi connectivity index (χ3n) is 5.36. The van der Waals surface area contributed by atoms with Crippen LogP contribution in [0.3, 0.4) is 0 Å². The van der Waals surface area contributed by atoms with Crippen LogP contribution in [0.2, 0.25) is 0 Å². The first kappa shape index (κ1) is 18.7. The van der Waals surface area contributed by atoms with E-state index in [-0.39, 0.29) is 25.0 Å². The lowest BCUT2D eigenvalue weighted by Crippen LogP contribution is -2.50. The number of hydrogen-bond donors (Lipinski definition) is 3. The van der Waals surface area contributed by atoms with Crippen molar-refractivity contribution in [2.24, 2.45) is 5.92 Å². The van der Waals surface area contributed by atoms with Gasteiger partial charge in [0.15, 0.2) is 0 Å². The number of likely N-dealkylation sites (tertiary alicyclic amines) is 1. The van der Waals surface area contributed by atoms with E-state index >= 15 is 0 Å². The van der Waals surface area contributed by atoms with E-state index in [0.717, 1.165) is 31.5 Å². The second-order valence-electron chi connectivity index (χ2n) is 7.36. The number of benzene rings is 1. The number of aliphatic hydroxyl groups is 1. The Labute approximate surface area is 154 Å². The number of nitrogens with zero attached hydrogens (tertiary/aromatic N) is 2. The van der Waals surface area contributed by atoms with E-state index in [1.165, 1.54) is 0 Å². The maximum Gasteiger partial charge on any atom is 0.253 e. The zero-order chi connectivity index (χ0) is 18.7. The van der Waals surface area contributed by atoms with Gasteiger partial charge in [0.05, 0.1) is 17.9 Å². The van der Waals surface area contributed by atoms with Crippen molar-refractivity contribution in [1.29, 1.82) is 0 Å². The number of carbonyl (C=O) groups is 2. The van der Waals surface area contributed by atoms with Crippen LogP contribution in [-0.4, -0.2) is 73.1 Å². The Morgan fingerprint density at radius 1 is 1.35 bits per heavy atom. The molecule has 1 saturated heterocycles. The molecule has 142 valence electrons. The van der Waals surface area contributed by atoms with E-state index in [2.05, 4.69) is 29.6 Å². The lowest BCUT2D eigenvalue weighted by atomic mass is 9.87. The minimum absolute atomic E-state index is 0.00109. The molecule has 1 aromatic carbocycles. The van der Waals surface area contributed by atoms with Gasteiger partial charge < -0.3 is 25.5 Å². The first-order valence-corrected chi connectivity index (χ1v) is 9.24. The van der Waals surface area contributed by atoms with Crippen LogP contribution in [-0.2, 0) is 4.79 Å². The molecule has 0 unspecified atom stereocenters. The lowest BCUT2D eigenvalue weighted by Gasteiger charge is -2.41. The summed E-state index contributed by atoms with van der Waals surface area (Å²) in [6.07, 6.45) is 2.60. The van der Waals surface area contributed by atoms with Gasteiger partial charge in [-0.1, -0.05) is 0 Å². The Balaban J connectivity index is 1.73. The second kappa shape index (κ2) is 8.05. The molecule has 7 heteroatoms. The zero-order valence-corrected chi connectivity index (χ0v) is 15.5. The average Bonchev–Trinajstić information content (AvgIpc) is 2.64. The van der Waals surface area contributed by atoms with Crippen molar-refractivity contribution in [3.05, 3.63) is 23.8 Å². The van der Waals surface area contributed by atoms with Crippen molar-refractivity contribution >= 4 is 23.2 Å². The molecule has 0 bridgehead atoms. The van der Waals surface area contributed by atoms with E-state index in [9.17, 15) is 14.7 Å². The minimum Gasteiger partial charge on any atom is -0.396 e. The van der Waals surface area contributed by atoms with Crippen LogP contribution >= 0.6 is 0 Å². The van der Waals surface area contributed by atoms with Gasteiger partial charge in [0.1, 0.15) is 0 Å². The standard InChI is InChI=1S/C19H28N4O3/c1-22(2)17-7-8-23(12-14(17)4-3-9-24)19(26)13-5-6-15-16(10-13)21-18(25)11-20-15/h5-6,10,14,17,20,24H,3-4,7-9,11-12H2,1-2H3,(H,21,25)/t14-,17+/m0/s1. The van der Waals surface area contributed by atoms with Crippen LogP contribution < -0.4 is 10.6 Å². The van der Waals surface area contributed by atoms with Gasteiger partial charge in [-0.25, -0.2) is 0 Å². The normalized spacial score (nSPS) is 22.6. The molecule has 7 nitrogen and oxygen atoms in total. The molecule has 26 heavy (non-hydrogen) atoms. The summed E-state index contributed by atoms with van der Waals surface area (Å²) >= 11 is 0. The molecule has 0 aromatic heterocycles. The molecule has 0 aliphatic carbocycles. The molecule has 2 amide bonds. The highest BCUT2D eigenvalue weighted by Gasteiger charge is 2.32. The fourth-order valence-electron chi connectivity index (χ4n) is 4.01. The van der Waals surface area contributed by atoms with Crippen LogP contribution in [0.25, 0.3) is 0 Å². The molecule has 1 aromatic rings. The highest BCUT2D eigenvalue weighted by molar-refractivity contribution is 6.03. The number of amides is 2. The molecule has 2 aliphatic heterocycles. The summed E-state index contributed by atoms with van der Waals surface area (Å²) < 4.78 is 0. The van der Waals surface area contributed by atoms with Crippen molar-refractivity contribution in [2.75, 3.05) is 51.0 Å². The van der Waals surface area contributed by atoms with Crippen molar-refractivity contribution in [3.8, 4) is 0 Å². The second-order valence-corrected chi connectivity index (χ2v) is 7.36. The Bertz CT molecular complexity index is 677. The number of anilines is 2. The molecule has 2 heterocycles. The summed E-state index contributed by atoms with van der Waals surface area (Å²) in [4.78, 5) is 28.7. The summed E-state index contributed by atoms with van der Waals surface area (Å²) in [6.45, 7) is 1.86. The molecule has 1 fully saturated rings. The summed E-state index contributed by atoms with van der Waals surface area (Å²) in [5.41, 5.74) is 2.09. The first-order chi connectivity index (χ1) is 12.5. The fraction of sp³-hybridized carbons (Fsp3) is 0.579. The minimum atomic E-state index is -0.0991. The van der Waals surface area contributed by atoms with E-state index in [0.29, 0.717) is 29.8 Å². The third kappa shape index (κ3) is 3.99. The van der Waals surface area contributed by atoms with E-state index in [1.54, 1.807) is 6.07 Å². The lowest BCUT2D eigenvalue weighted by molar-refractivity contribution is -0.114. The fourth-order valence-corrected chi connectivity index (χ4v) is 4.01. The van der Waals surface area contributed by atoms with Crippen molar-refractivity contribution in [2.45, 2.75) is 25.3 Å². The molecule has 0 saturated carbocycles. The van der Waals surface area contributed by atoms with Crippen LogP contribution in [0.15, 0.2) is 18.2 Å². The van der Waals surface area contributed by atoms with Gasteiger partial charge in [0, 0.05) is 31.3 Å². The molecule has 3 rings (SSSR count). The molecular formula is C19H28N4O3. The third-order valence-corrected chi connectivity index (χ3v) is 5.36. The quantitative estimate of drug-likeness (QED) is 0.735. The summed E-state index contributed by atoms with van der Waals surface area (Å²) in [7, 11) is 4.15. The Kier molecular flexibility index (Phi) is 5.78. The summed E-state index contributed by atoms with van der Waals surface area (Å²) in [5, 5.41) is 15.0. The largest absolute Gasteiger partial charge is 0.396 e. The molecule has 2 aliphatic rings. The maximum atomic E-state index is 13.0. The number of hydrogen-bond acceptors (Lipinski definition) is 5. The monoisotopic (exact) mass is 360 g/mol. The smallest absolute Gasteiger partial charge is 0.253 e. The molecule has 2 atom stereocenters. The highest BCUT2D eigenvalue weighted by Crippen LogP contribution is 2.29. The van der Waals surface area contributed by atoms with Gasteiger partial charge in [0.25, 0.3) is 5.91 Å². The highest BCUT2D eigenvalue weighted by atomic mass is 16.3. The van der Waals surface area contributed by atoms with Gasteiger partial charge in [0.2, 0.25) is 5.91 Å². The Morgan fingerprint density at radius 2 is 2.15 bits per heavy atom. The summed E-state index contributed by atoms with van der Waals surface area (Å²) in [5.74, 6) is 0.255. The SMILES string of the molecule is CN(C)[C@@H]1CCN(C(=O)c2ccc3c(c2)NC(=O)CN3)C[C@@H]1CCCO. The predicted molar refractivity (Wildman–Crippen MR) is 101 cm³/mol. The van der Waals surface area contributed by atoms with Crippen LogP contribution in [0.5, 0.6) is 0 Å². The van der Waals surface area contributed by atoms with Crippen LogP contribution in [0.4, 0.5) is 11.4 Å². The van der Waals surface area contributed by atoms with Gasteiger partial charge in [-0.2, -0.15) is 0 Å². The van der Waals surface area contributed by atoms with E-state index < -0.39 is 0 Å². The predicted octanol–water partition coefficient (Wildman–Crippen LogP) is 1.22. The van der Waals surface area contributed by atoms with Crippen molar-refractivity contribution in [3.63, 3.8) is 0 Å². The Hall–Kier alpha value is -2.12. The maximum absolute atomic E-state index is 13.0. The average molecular weight is 360 g/mol. The van der Waals surface area contributed by atoms with Gasteiger partial charge in [-0.15, -0.1) is 0 Å². The van der Waals surface area contributed by atoms with Crippen molar-refractivity contribution < 1.29 is 14.7 Å². The number of fused-ring (bicyclic) bond motifs is 1. The van der Waals surface area contributed by atoms with Gasteiger partial charge in [-0.3, -0.25) is 9.59 Å². The van der Waals surface area contributed by atoms with Gasteiger partial charge in [-0.05, 0) is 57.5 Å². The van der Waals surface area contributed by atoms with Crippen LogP contribution in [0.1, 0.15) is 29.6 Å². The van der Waals surface area contributed by atoms with Gasteiger partial charge >= 0.3 is 0 Å². The molecule has 3 N–H and O–H groups in total. The zero-order valence-electron chi connectivity index (χ0n) is 15.5. The van der Waals surface area contributed by atoms with E-state index in [1.807, 2.05) is 17.0 Å². The van der Waals surface area contributed by atoms with Crippen LogP contribution in [0, 0.1) is 5.92 Å². The van der Waals surface area contributed by atoms with Crippen molar-refractivity contribution in [1.82, 2.24) is 9.80 Å². The number of piperidine rings is 1. The Morgan fingerprint density at radius 3 is 2.88 bits per heavy atom. The molecule has 0 radical (unpaired) electrons. The molecule has 0 spiro atoms. The number of nitrogens with one attached hydrogen (secondary N) is 2. The summed E-state index contributed by atoms with van der Waals surface area (Å²) in [6, 6.07) is 5.84. The first-order valence-electron chi connectivity index (χ1n) is 9.24. The topological polar surface area (TPSA) is 84.9 Å². The number of aliphatic hydroxyl groups excluding tert-OH is 1. The number of rotatable bonds is 5. The van der Waals surface area contributed by atoms with E-state index in [4.69, 9.17) is 0 Å².